The number of rotatable bonds is 5. The average Bonchev–Trinajstić information content (AvgIpc) is 2.56. The summed E-state index contributed by atoms with van der Waals surface area (Å²) in [5.41, 5.74) is 0. The molecule has 132 valence electrons. The molecule has 0 spiro atoms. The number of ether oxygens (including phenoxy) is 1. The van der Waals surface area contributed by atoms with E-state index in [4.69, 9.17) is 4.74 Å². The van der Waals surface area contributed by atoms with Gasteiger partial charge in [-0.3, -0.25) is 9.59 Å². The Bertz CT molecular complexity index is 601. The van der Waals surface area contributed by atoms with Crippen molar-refractivity contribution in [2.45, 2.75) is 32.8 Å². The van der Waals surface area contributed by atoms with Gasteiger partial charge in [0.05, 0.1) is 0 Å². The third kappa shape index (κ3) is 4.91. The molecule has 1 aromatic carbocycles. The number of piperidine rings is 1. The van der Waals surface area contributed by atoms with Gasteiger partial charge in [-0.1, -0.05) is 0 Å². The number of benzene rings is 1. The van der Waals surface area contributed by atoms with Crippen LogP contribution >= 0.6 is 0 Å². The van der Waals surface area contributed by atoms with Crippen molar-refractivity contribution in [3.8, 4) is 5.75 Å². The van der Waals surface area contributed by atoms with E-state index in [2.05, 4.69) is 5.32 Å². The third-order valence-corrected chi connectivity index (χ3v) is 4.12. The molecule has 1 aliphatic heterocycles. The highest BCUT2D eigenvalue weighted by molar-refractivity contribution is 5.81. The topological polar surface area (TPSA) is 58.6 Å². The van der Waals surface area contributed by atoms with E-state index in [1.54, 1.807) is 11.8 Å². The normalized spacial score (nSPS) is 16.6. The van der Waals surface area contributed by atoms with Gasteiger partial charge in [-0.2, -0.15) is 0 Å². The van der Waals surface area contributed by atoms with Crippen LogP contribution in [0.15, 0.2) is 18.2 Å². The Labute approximate surface area is 140 Å². The second-order valence-corrected chi connectivity index (χ2v) is 6.04. The summed E-state index contributed by atoms with van der Waals surface area (Å²) >= 11 is 0. The highest BCUT2D eigenvalue weighted by Gasteiger charge is 2.27. The van der Waals surface area contributed by atoms with E-state index in [0.717, 1.165) is 25.0 Å². The number of nitrogens with one attached hydrogen (secondary N) is 1. The fraction of sp³-hybridized carbons (Fsp3) is 0.529. The summed E-state index contributed by atoms with van der Waals surface area (Å²) in [7, 11) is 0. The Morgan fingerprint density at radius 1 is 1.29 bits per heavy atom. The summed E-state index contributed by atoms with van der Waals surface area (Å²) in [5, 5.41) is 2.79. The summed E-state index contributed by atoms with van der Waals surface area (Å²) in [5.74, 6) is -1.72. The summed E-state index contributed by atoms with van der Waals surface area (Å²) in [6, 6.07) is 3.19. The first-order valence-corrected chi connectivity index (χ1v) is 8.01. The molecule has 0 aromatic heterocycles. The number of nitrogens with zero attached hydrogens (tertiary/aromatic N) is 1. The van der Waals surface area contributed by atoms with Crippen LogP contribution < -0.4 is 10.1 Å². The van der Waals surface area contributed by atoms with Gasteiger partial charge in [0.1, 0.15) is 5.75 Å². The van der Waals surface area contributed by atoms with Crippen molar-refractivity contribution in [3.63, 3.8) is 0 Å². The SMILES string of the molecule is CC(=O)NCC1CCN(C(=O)[C@@H](C)Oc2ccc(F)c(F)c2)CC1. The molecule has 1 N–H and O–H groups in total. The minimum absolute atomic E-state index is 0.0536. The first-order chi connectivity index (χ1) is 11.4. The van der Waals surface area contributed by atoms with Gasteiger partial charge in [0, 0.05) is 32.6 Å². The molecule has 2 amide bonds. The third-order valence-electron chi connectivity index (χ3n) is 4.12. The van der Waals surface area contributed by atoms with Crippen LogP contribution in [-0.4, -0.2) is 42.5 Å². The van der Waals surface area contributed by atoms with Crippen molar-refractivity contribution in [2.24, 2.45) is 5.92 Å². The standard InChI is InChI=1S/C17H22F2N2O3/c1-11(24-14-3-4-15(18)16(19)9-14)17(23)21-7-5-13(6-8-21)10-20-12(2)22/h3-4,9,11,13H,5-8,10H2,1-2H3,(H,20,22)/t11-/m1/s1. The van der Waals surface area contributed by atoms with Crippen molar-refractivity contribution in [3.05, 3.63) is 29.8 Å². The first-order valence-electron chi connectivity index (χ1n) is 8.01. The molecule has 2 rings (SSSR count). The Morgan fingerprint density at radius 3 is 2.54 bits per heavy atom. The van der Waals surface area contributed by atoms with Gasteiger partial charge < -0.3 is 15.0 Å². The molecule has 0 radical (unpaired) electrons. The number of halogens is 2. The Morgan fingerprint density at radius 2 is 1.96 bits per heavy atom. The number of hydrogen-bond acceptors (Lipinski definition) is 3. The van der Waals surface area contributed by atoms with E-state index < -0.39 is 17.7 Å². The maximum atomic E-state index is 13.2. The van der Waals surface area contributed by atoms with Crippen LogP contribution in [0.4, 0.5) is 8.78 Å². The molecule has 0 bridgehead atoms. The smallest absolute Gasteiger partial charge is 0.263 e. The molecule has 1 fully saturated rings. The predicted octanol–water partition coefficient (Wildman–Crippen LogP) is 2.11. The fourth-order valence-corrected chi connectivity index (χ4v) is 2.71. The van der Waals surface area contributed by atoms with Crippen molar-refractivity contribution < 1.29 is 23.1 Å². The summed E-state index contributed by atoms with van der Waals surface area (Å²) in [6.07, 6.45) is 0.843. The number of carbonyl (C=O) groups excluding carboxylic acids is 2. The van der Waals surface area contributed by atoms with E-state index in [-0.39, 0.29) is 17.6 Å². The number of carbonyl (C=O) groups is 2. The van der Waals surface area contributed by atoms with E-state index >= 15 is 0 Å². The molecule has 7 heteroatoms. The zero-order chi connectivity index (χ0) is 17.7. The quantitative estimate of drug-likeness (QED) is 0.893. The van der Waals surface area contributed by atoms with Gasteiger partial charge >= 0.3 is 0 Å². The van der Waals surface area contributed by atoms with Crippen molar-refractivity contribution in [1.29, 1.82) is 0 Å². The van der Waals surface area contributed by atoms with E-state index in [1.807, 2.05) is 0 Å². The predicted molar refractivity (Wildman–Crippen MR) is 84.4 cm³/mol. The van der Waals surface area contributed by atoms with Crippen LogP contribution in [-0.2, 0) is 9.59 Å². The fourth-order valence-electron chi connectivity index (χ4n) is 2.71. The largest absolute Gasteiger partial charge is 0.481 e. The lowest BCUT2D eigenvalue weighted by Crippen LogP contribution is -2.46. The minimum Gasteiger partial charge on any atom is -0.481 e. The Kier molecular flexibility index (Phi) is 6.11. The van der Waals surface area contributed by atoms with Gasteiger partial charge in [0.25, 0.3) is 5.91 Å². The molecule has 1 atom stereocenters. The van der Waals surface area contributed by atoms with Crippen LogP contribution in [0, 0.1) is 17.6 Å². The summed E-state index contributed by atoms with van der Waals surface area (Å²) < 4.78 is 31.5. The van der Waals surface area contributed by atoms with E-state index in [9.17, 15) is 18.4 Å². The maximum absolute atomic E-state index is 13.2. The van der Waals surface area contributed by atoms with Gasteiger partial charge in [-0.25, -0.2) is 8.78 Å². The second-order valence-electron chi connectivity index (χ2n) is 6.04. The van der Waals surface area contributed by atoms with Gasteiger partial charge in [0.15, 0.2) is 17.7 Å². The van der Waals surface area contributed by atoms with Gasteiger partial charge in [-0.15, -0.1) is 0 Å². The van der Waals surface area contributed by atoms with Crippen molar-refractivity contribution >= 4 is 11.8 Å². The van der Waals surface area contributed by atoms with Crippen LogP contribution in [0.5, 0.6) is 5.75 Å². The number of amides is 2. The second kappa shape index (κ2) is 8.08. The van der Waals surface area contributed by atoms with Crippen LogP contribution in [0.1, 0.15) is 26.7 Å². The molecule has 1 aromatic rings. The van der Waals surface area contributed by atoms with Crippen LogP contribution in [0.25, 0.3) is 0 Å². The van der Waals surface area contributed by atoms with Crippen LogP contribution in [0.2, 0.25) is 0 Å². The molecule has 1 aliphatic rings. The zero-order valence-electron chi connectivity index (χ0n) is 13.9. The average molecular weight is 340 g/mol. The molecule has 5 nitrogen and oxygen atoms in total. The highest BCUT2D eigenvalue weighted by atomic mass is 19.2. The zero-order valence-corrected chi connectivity index (χ0v) is 13.9. The monoisotopic (exact) mass is 340 g/mol. The molecular weight excluding hydrogens is 318 g/mol. The highest BCUT2D eigenvalue weighted by Crippen LogP contribution is 2.20. The summed E-state index contributed by atoms with van der Waals surface area (Å²) in [6.45, 7) is 4.88. The molecule has 0 saturated carbocycles. The Hall–Kier alpha value is -2.18. The molecule has 0 aliphatic carbocycles. The van der Waals surface area contributed by atoms with Gasteiger partial charge in [-0.05, 0) is 37.8 Å². The van der Waals surface area contributed by atoms with Crippen LogP contribution in [0.3, 0.4) is 0 Å². The van der Waals surface area contributed by atoms with Gasteiger partial charge in [0.2, 0.25) is 5.91 Å². The number of likely N-dealkylation sites (tertiary alicyclic amines) is 1. The Balaban J connectivity index is 1.83. The molecule has 0 unspecified atom stereocenters. The molecule has 1 heterocycles. The minimum atomic E-state index is -1.01. The van der Waals surface area contributed by atoms with Crippen molar-refractivity contribution in [1.82, 2.24) is 10.2 Å². The lowest BCUT2D eigenvalue weighted by atomic mass is 9.96. The first kappa shape index (κ1) is 18.2. The lowest BCUT2D eigenvalue weighted by Gasteiger charge is -2.33. The molecule has 1 saturated heterocycles. The van der Waals surface area contributed by atoms with Crippen molar-refractivity contribution in [2.75, 3.05) is 19.6 Å². The molecular formula is C17H22F2N2O3. The molecule has 24 heavy (non-hydrogen) atoms. The lowest BCUT2D eigenvalue weighted by molar-refractivity contribution is -0.139. The van der Waals surface area contributed by atoms with E-state index in [1.165, 1.54) is 13.0 Å². The van der Waals surface area contributed by atoms with E-state index in [0.29, 0.717) is 25.6 Å². The maximum Gasteiger partial charge on any atom is 0.263 e. The number of hydrogen-bond donors (Lipinski definition) is 1. The summed E-state index contributed by atoms with van der Waals surface area (Å²) in [4.78, 5) is 25.0.